The summed E-state index contributed by atoms with van der Waals surface area (Å²) in [6.45, 7) is 7.01. The Labute approximate surface area is 130 Å². The molecule has 2 amide bonds. The molecule has 1 heterocycles. The lowest BCUT2D eigenvalue weighted by Crippen LogP contribution is -2.42. The number of carbonyl (C=O) groups is 2. The van der Waals surface area contributed by atoms with Gasteiger partial charge in [0, 0.05) is 12.0 Å². The highest BCUT2D eigenvalue weighted by atomic mass is 32.2. The summed E-state index contributed by atoms with van der Waals surface area (Å²) in [7, 11) is 0. The topological polar surface area (TPSA) is 49.4 Å². The van der Waals surface area contributed by atoms with Crippen molar-refractivity contribution in [3.8, 4) is 0 Å². The van der Waals surface area contributed by atoms with Crippen LogP contribution in [-0.2, 0) is 15.0 Å². The molecule has 1 aliphatic rings. The number of nitrogens with one attached hydrogen (secondary N) is 1. The van der Waals surface area contributed by atoms with E-state index in [-0.39, 0.29) is 23.8 Å². The number of nitrogens with zero attached hydrogens (tertiary/aromatic N) is 1. The van der Waals surface area contributed by atoms with Gasteiger partial charge in [-0.1, -0.05) is 43.7 Å². The van der Waals surface area contributed by atoms with Crippen LogP contribution in [0, 0.1) is 6.92 Å². The molecule has 0 spiro atoms. The molecule has 1 aromatic rings. The molecule has 114 valence electrons. The van der Waals surface area contributed by atoms with E-state index in [1.807, 2.05) is 6.07 Å². The average molecular weight is 306 g/mol. The van der Waals surface area contributed by atoms with Gasteiger partial charge in [0.05, 0.1) is 11.6 Å². The molecule has 1 N–H and O–H groups in total. The van der Waals surface area contributed by atoms with Gasteiger partial charge < -0.3 is 10.2 Å². The summed E-state index contributed by atoms with van der Waals surface area (Å²) in [5.74, 6) is 1.06. The molecular weight excluding hydrogens is 284 g/mol. The molecular formula is C16H22N2O2S. The fraction of sp³-hybridized carbons (Fsp3) is 0.500. The van der Waals surface area contributed by atoms with Gasteiger partial charge >= 0.3 is 0 Å². The molecule has 0 unspecified atom stereocenters. The number of thioether (sulfide) groups is 1. The summed E-state index contributed by atoms with van der Waals surface area (Å²) in [6.07, 6.45) is 0. The van der Waals surface area contributed by atoms with E-state index < -0.39 is 0 Å². The number of amides is 2. The molecule has 0 saturated carbocycles. The number of carbonyl (C=O) groups excluding carboxylic acids is 2. The average Bonchev–Trinajstić information content (AvgIpc) is 2.82. The zero-order chi connectivity index (χ0) is 15.5. The van der Waals surface area contributed by atoms with Crippen LogP contribution in [0.25, 0.3) is 0 Å². The van der Waals surface area contributed by atoms with Gasteiger partial charge in [-0.15, -0.1) is 11.8 Å². The molecule has 0 bridgehead atoms. The molecule has 2 rings (SSSR count). The van der Waals surface area contributed by atoms with Crippen molar-refractivity contribution in [2.45, 2.75) is 26.2 Å². The summed E-state index contributed by atoms with van der Waals surface area (Å²) in [5.41, 5.74) is 2.29. The van der Waals surface area contributed by atoms with Crippen molar-refractivity contribution in [1.29, 1.82) is 0 Å². The van der Waals surface area contributed by atoms with Gasteiger partial charge in [-0.05, 0) is 12.5 Å². The summed E-state index contributed by atoms with van der Waals surface area (Å²) in [6, 6.07) is 8.33. The van der Waals surface area contributed by atoms with E-state index in [0.717, 1.165) is 0 Å². The molecule has 21 heavy (non-hydrogen) atoms. The zero-order valence-electron chi connectivity index (χ0n) is 12.8. The quantitative estimate of drug-likeness (QED) is 0.904. The summed E-state index contributed by atoms with van der Waals surface area (Å²) < 4.78 is 0. The first-order valence-corrected chi connectivity index (χ1v) is 8.23. The Balaban J connectivity index is 1.89. The lowest BCUT2D eigenvalue weighted by Gasteiger charge is -2.26. The lowest BCUT2D eigenvalue weighted by atomic mass is 9.84. The first-order valence-electron chi connectivity index (χ1n) is 7.08. The maximum atomic E-state index is 12.0. The van der Waals surface area contributed by atoms with Crippen molar-refractivity contribution in [2.75, 3.05) is 24.7 Å². The van der Waals surface area contributed by atoms with Crippen LogP contribution in [0.3, 0.4) is 0 Å². The summed E-state index contributed by atoms with van der Waals surface area (Å²) in [4.78, 5) is 25.1. The Kier molecular flexibility index (Phi) is 4.93. The predicted octanol–water partition coefficient (Wildman–Crippen LogP) is 1.92. The minimum absolute atomic E-state index is 0.0492. The Morgan fingerprint density at radius 2 is 2.19 bits per heavy atom. The second-order valence-corrected chi connectivity index (χ2v) is 7.05. The van der Waals surface area contributed by atoms with Gasteiger partial charge in [0.25, 0.3) is 0 Å². The van der Waals surface area contributed by atoms with Gasteiger partial charge in [0.15, 0.2) is 0 Å². The molecule has 0 aliphatic carbocycles. The van der Waals surface area contributed by atoms with Crippen molar-refractivity contribution in [3.63, 3.8) is 0 Å². The summed E-state index contributed by atoms with van der Waals surface area (Å²) in [5, 5.41) is 2.95. The van der Waals surface area contributed by atoms with Crippen LogP contribution in [-0.4, -0.2) is 41.4 Å². The Bertz CT molecular complexity index is 543. The van der Waals surface area contributed by atoms with Crippen molar-refractivity contribution in [2.24, 2.45) is 0 Å². The number of hydrogen-bond acceptors (Lipinski definition) is 3. The zero-order valence-corrected chi connectivity index (χ0v) is 13.6. The molecule has 4 nitrogen and oxygen atoms in total. The first kappa shape index (κ1) is 15.9. The number of benzene rings is 1. The van der Waals surface area contributed by atoms with Crippen molar-refractivity contribution in [3.05, 3.63) is 35.4 Å². The number of aryl methyl sites for hydroxylation is 1. The maximum absolute atomic E-state index is 12.0. The molecule has 1 aliphatic heterocycles. The molecule has 1 fully saturated rings. The molecule has 5 heteroatoms. The van der Waals surface area contributed by atoms with Crippen molar-refractivity contribution < 1.29 is 9.59 Å². The second kappa shape index (κ2) is 6.52. The lowest BCUT2D eigenvalue weighted by molar-refractivity contribution is -0.132. The highest BCUT2D eigenvalue weighted by molar-refractivity contribution is 8.00. The van der Waals surface area contributed by atoms with Gasteiger partial charge in [-0.3, -0.25) is 9.59 Å². The fourth-order valence-electron chi connectivity index (χ4n) is 2.26. The van der Waals surface area contributed by atoms with Gasteiger partial charge in [-0.25, -0.2) is 0 Å². The highest BCUT2D eigenvalue weighted by Gasteiger charge is 2.25. The van der Waals surface area contributed by atoms with Crippen molar-refractivity contribution in [1.82, 2.24) is 10.2 Å². The monoisotopic (exact) mass is 306 g/mol. The van der Waals surface area contributed by atoms with Crippen LogP contribution >= 0.6 is 11.8 Å². The van der Waals surface area contributed by atoms with Crippen LogP contribution in [0.5, 0.6) is 0 Å². The normalized spacial score (nSPS) is 15.4. The van der Waals surface area contributed by atoms with E-state index in [9.17, 15) is 9.59 Å². The van der Waals surface area contributed by atoms with Gasteiger partial charge in [0.2, 0.25) is 11.8 Å². The third-order valence-corrected chi connectivity index (χ3v) is 4.63. The summed E-state index contributed by atoms with van der Waals surface area (Å²) >= 11 is 1.55. The SMILES string of the molecule is Cc1cccc(C(C)(C)CNC(=O)CN2CSCC2=O)c1. The van der Waals surface area contributed by atoms with E-state index in [1.54, 1.807) is 16.7 Å². The Morgan fingerprint density at radius 3 is 2.81 bits per heavy atom. The highest BCUT2D eigenvalue weighted by Crippen LogP contribution is 2.23. The number of rotatable bonds is 5. The predicted molar refractivity (Wildman–Crippen MR) is 86.3 cm³/mol. The van der Waals surface area contributed by atoms with E-state index >= 15 is 0 Å². The van der Waals surface area contributed by atoms with Crippen LogP contribution < -0.4 is 5.32 Å². The van der Waals surface area contributed by atoms with E-state index in [0.29, 0.717) is 18.2 Å². The number of hydrogen-bond donors (Lipinski definition) is 1. The van der Waals surface area contributed by atoms with Gasteiger partial charge in [-0.2, -0.15) is 0 Å². The first-order chi connectivity index (χ1) is 9.88. The fourth-order valence-corrected chi connectivity index (χ4v) is 3.16. The van der Waals surface area contributed by atoms with E-state index in [2.05, 4.69) is 44.3 Å². The third-order valence-electron chi connectivity index (χ3n) is 3.69. The standard InChI is InChI=1S/C16H22N2O2S/c1-12-5-4-6-13(7-12)16(2,3)10-17-14(19)8-18-11-21-9-15(18)20/h4-7H,8-11H2,1-3H3,(H,17,19). The molecule has 1 aromatic carbocycles. The molecule has 0 radical (unpaired) electrons. The van der Waals surface area contributed by atoms with Crippen LogP contribution in [0.2, 0.25) is 0 Å². The maximum Gasteiger partial charge on any atom is 0.239 e. The minimum Gasteiger partial charge on any atom is -0.354 e. The van der Waals surface area contributed by atoms with Gasteiger partial charge in [0.1, 0.15) is 6.54 Å². The van der Waals surface area contributed by atoms with Crippen molar-refractivity contribution >= 4 is 23.6 Å². The second-order valence-electron chi connectivity index (χ2n) is 6.10. The third kappa shape index (κ3) is 4.24. The smallest absolute Gasteiger partial charge is 0.239 e. The molecule has 0 atom stereocenters. The minimum atomic E-state index is -0.133. The van der Waals surface area contributed by atoms with E-state index in [1.165, 1.54) is 11.1 Å². The van der Waals surface area contributed by atoms with Crippen LogP contribution in [0.4, 0.5) is 0 Å². The largest absolute Gasteiger partial charge is 0.354 e. The molecule has 0 aromatic heterocycles. The Hall–Kier alpha value is -1.49. The Morgan fingerprint density at radius 1 is 1.43 bits per heavy atom. The van der Waals surface area contributed by atoms with E-state index in [4.69, 9.17) is 0 Å². The van der Waals surface area contributed by atoms with Crippen LogP contribution in [0.15, 0.2) is 24.3 Å². The van der Waals surface area contributed by atoms with Crippen LogP contribution in [0.1, 0.15) is 25.0 Å². The molecule has 1 saturated heterocycles.